The molecule has 0 saturated carbocycles. The van der Waals surface area contributed by atoms with E-state index in [1.807, 2.05) is 0 Å². The Morgan fingerprint density at radius 2 is 2.17 bits per heavy atom. The number of carbonyl (C=O) groups excluding carboxylic acids is 2. The van der Waals surface area contributed by atoms with Crippen LogP contribution in [-0.2, 0) is 4.79 Å². The number of rotatable bonds is 8. The van der Waals surface area contributed by atoms with Gasteiger partial charge in [0.25, 0.3) is 5.91 Å². The second-order valence-electron chi connectivity index (χ2n) is 5.59. The van der Waals surface area contributed by atoms with Gasteiger partial charge in [-0.15, -0.1) is 0 Å². The van der Waals surface area contributed by atoms with Crippen molar-refractivity contribution in [3.63, 3.8) is 0 Å². The van der Waals surface area contributed by atoms with Crippen LogP contribution >= 0.6 is 11.3 Å². The molecule has 2 heterocycles. The molecule has 1 unspecified atom stereocenters. The maximum absolute atomic E-state index is 12.5. The predicted octanol–water partition coefficient (Wildman–Crippen LogP) is 1.38. The number of nitro groups is 1. The van der Waals surface area contributed by atoms with Gasteiger partial charge in [0.05, 0.1) is 9.80 Å². The summed E-state index contributed by atoms with van der Waals surface area (Å²) >= 11 is 0.845. The number of hydrogen-bond donors (Lipinski definition) is 2. The van der Waals surface area contributed by atoms with Gasteiger partial charge in [-0.25, -0.2) is 0 Å². The molecule has 0 bridgehead atoms. The molecular formula is C15H22N4O4S. The molecule has 2 amide bonds. The number of amides is 2. The molecule has 1 fully saturated rings. The van der Waals surface area contributed by atoms with E-state index in [1.165, 1.54) is 17.0 Å². The number of nitrogens with one attached hydrogen (secondary N) is 2. The van der Waals surface area contributed by atoms with Crippen molar-refractivity contribution < 1.29 is 14.5 Å². The SMILES string of the molecule is CCCNCCNC(=O)C1CCCN1C(=O)c1ccc([N+](=O)[O-])s1. The summed E-state index contributed by atoms with van der Waals surface area (Å²) in [5.74, 6) is -0.472. The van der Waals surface area contributed by atoms with E-state index in [0.717, 1.165) is 30.7 Å². The van der Waals surface area contributed by atoms with Crippen molar-refractivity contribution in [1.29, 1.82) is 0 Å². The van der Waals surface area contributed by atoms with Crippen molar-refractivity contribution in [2.75, 3.05) is 26.2 Å². The van der Waals surface area contributed by atoms with E-state index in [2.05, 4.69) is 17.6 Å². The van der Waals surface area contributed by atoms with Crippen LogP contribution in [0.4, 0.5) is 5.00 Å². The third kappa shape index (κ3) is 4.51. The van der Waals surface area contributed by atoms with Gasteiger partial charge in [0.15, 0.2) is 0 Å². The fraction of sp³-hybridized carbons (Fsp3) is 0.600. The molecule has 9 heteroatoms. The first-order valence-corrected chi connectivity index (χ1v) is 8.90. The molecule has 0 aliphatic carbocycles. The molecule has 132 valence electrons. The third-order valence-corrected chi connectivity index (χ3v) is 4.85. The molecule has 0 aromatic carbocycles. The lowest BCUT2D eigenvalue weighted by Crippen LogP contribution is -2.47. The van der Waals surface area contributed by atoms with Gasteiger partial charge in [-0.05, 0) is 31.9 Å². The van der Waals surface area contributed by atoms with Gasteiger partial charge in [-0.2, -0.15) is 0 Å². The number of nitrogens with zero attached hydrogens (tertiary/aromatic N) is 2. The predicted molar refractivity (Wildman–Crippen MR) is 91.2 cm³/mol. The Hall–Kier alpha value is -2.00. The summed E-state index contributed by atoms with van der Waals surface area (Å²) in [6.45, 7) is 4.68. The summed E-state index contributed by atoms with van der Waals surface area (Å²) in [5, 5.41) is 16.7. The monoisotopic (exact) mass is 354 g/mol. The Bertz CT molecular complexity index is 604. The largest absolute Gasteiger partial charge is 0.353 e. The molecule has 1 aliphatic rings. The molecule has 2 rings (SSSR count). The van der Waals surface area contributed by atoms with Crippen molar-refractivity contribution in [3.05, 3.63) is 27.1 Å². The van der Waals surface area contributed by atoms with Crippen molar-refractivity contribution in [3.8, 4) is 0 Å². The first-order chi connectivity index (χ1) is 11.5. The smallest absolute Gasteiger partial charge is 0.324 e. The van der Waals surface area contributed by atoms with Crippen LogP contribution in [0.15, 0.2) is 12.1 Å². The van der Waals surface area contributed by atoms with E-state index < -0.39 is 11.0 Å². The highest BCUT2D eigenvalue weighted by Gasteiger charge is 2.35. The van der Waals surface area contributed by atoms with Gasteiger partial charge in [0, 0.05) is 25.7 Å². The first kappa shape index (κ1) is 18.3. The van der Waals surface area contributed by atoms with E-state index in [9.17, 15) is 19.7 Å². The second-order valence-corrected chi connectivity index (χ2v) is 6.65. The minimum absolute atomic E-state index is 0.0689. The molecule has 1 aromatic heterocycles. The molecule has 0 radical (unpaired) electrons. The summed E-state index contributed by atoms with van der Waals surface area (Å²) in [6, 6.07) is 2.28. The highest BCUT2D eigenvalue weighted by Crippen LogP contribution is 2.28. The maximum Gasteiger partial charge on any atom is 0.324 e. The lowest BCUT2D eigenvalue weighted by Gasteiger charge is -2.23. The van der Waals surface area contributed by atoms with Gasteiger partial charge in [-0.1, -0.05) is 18.3 Å². The summed E-state index contributed by atoms with van der Waals surface area (Å²) in [7, 11) is 0. The molecule has 2 N–H and O–H groups in total. The summed E-state index contributed by atoms with van der Waals surface area (Å²) in [5.41, 5.74) is 0. The van der Waals surface area contributed by atoms with Crippen LogP contribution in [0.5, 0.6) is 0 Å². The van der Waals surface area contributed by atoms with Gasteiger partial charge < -0.3 is 15.5 Å². The second kappa shape index (κ2) is 8.74. The van der Waals surface area contributed by atoms with E-state index in [4.69, 9.17) is 0 Å². The van der Waals surface area contributed by atoms with Gasteiger partial charge in [0.2, 0.25) is 5.91 Å². The standard InChI is InChI=1S/C15H22N4O4S/c1-2-7-16-8-9-17-14(20)11-4-3-10-18(11)15(21)12-5-6-13(24-12)19(22)23/h5-6,11,16H,2-4,7-10H2,1H3,(H,17,20). The van der Waals surface area contributed by atoms with Crippen LogP contribution in [0.2, 0.25) is 0 Å². The average Bonchev–Trinajstić information content (AvgIpc) is 3.23. The van der Waals surface area contributed by atoms with Crippen LogP contribution in [-0.4, -0.2) is 53.9 Å². The minimum Gasteiger partial charge on any atom is -0.353 e. The van der Waals surface area contributed by atoms with E-state index in [-0.39, 0.29) is 16.8 Å². The Kier molecular flexibility index (Phi) is 6.68. The average molecular weight is 354 g/mol. The van der Waals surface area contributed by atoms with E-state index in [0.29, 0.717) is 30.9 Å². The number of carbonyl (C=O) groups is 2. The summed E-state index contributed by atoms with van der Waals surface area (Å²) < 4.78 is 0. The van der Waals surface area contributed by atoms with Gasteiger partial charge in [-0.3, -0.25) is 19.7 Å². The zero-order valence-electron chi connectivity index (χ0n) is 13.6. The van der Waals surface area contributed by atoms with Crippen LogP contribution in [0.1, 0.15) is 35.9 Å². The summed E-state index contributed by atoms with van der Waals surface area (Å²) in [6.07, 6.45) is 2.41. The fourth-order valence-electron chi connectivity index (χ4n) is 2.66. The van der Waals surface area contributed by atoms with Crippen LogP contribution in [0.3, 0.4) is 0 Å². The Morgan fingerprint density at radius 3 is 2.83 bits per heavy atom. The number of thiophene rings is 1. The molecule has 1 aliphatic heterocycles. The number of likely N-dealkylation sites (tertiary alicyclic amines) is 1. The lowest BCUT2D eigenvalue weighted by atomic mass is 10.2. The van der Waals surface area contributed by atoms with Gasteiger partial charge >= 0.3 is 5.00 Å². The van der Waals surface area contributed by atoms with Crippen LogP contribution < -0.4 is 10.6 Å². The van der Waals surface area contributed by atoms with Crippen LogP contribution in [0.25, 0.3) is 0 Å². The van der Waals surface area contributed by atoms with Crippen LogP contribution in [0, 0.1) is 10.1 Å². The zero-order valence-corrected chi connectivity index (χ0v) is 14.4. The molecule has 1 aromatic rings. The minimum atomic E-state index is -0.515. The normalized spacial score (nSPS) is 17.0. The molecule has 0 spiro atoms. The first-order valence-electron chi connectivity index (χ1n) is 8.08. The molecule has 1 saturated heterocycles. The molecular weight excluding hydrogens is 332 g/mol. The highest BCUT2D eigenvalue weighted by molar-refractivity contribution is 7.17. The summed E-state index contributed by atoms with van der Waals surface area (Å²) in [4.78, 5) is 36.9. The Labute approximate surface area is 144 Å². The highest BCUT2D eigenvalue weighted by atomic mass is 32.1. The molecule has 8 nitrogen and oxygen atoms in total. The third-order valence-electron chi connectivity index (χ3n) is 3.83. The van der Waals surface area contributed by atoms with Gasteiger partial charge in [0.1, 0.15) is 6.04 Å². The van der Waals surface area contributed by atoms with Crippen molar-refractivity contribution >= 4 is 28.2 Å². The fourth-order valence-corrected chi connectivity index (χ4v) is 3.43. The maximum atomic E-state index is 12.5. The van der Waals surface area contributed by atoms with Crippen molar-refractivity contribution in [2.24, 2.45) is 0 Å². The quantitative estimate of drug-likeness (QED) is 0.417. The van der Waals surface area contributed by atoms with E-state index in [1.54, 1.807) is 0 Å². The Balaban J connectivity index is 1.92. The molecule has 24 heavy (non-hydrogen) atoms. The van der Waals surface area contributed by atoms with E-state index >= 15 is 0 Å². The lowest BCUT2D eigenvalue weighted by molar-refractivity contribution is -0.380. The number of hydrogen-bond acceptors (Lipinski definition) is 6. The molecule has 1 atom stereocenters. The topological polar surface area (TPSA) is 105 Å². The zero-order chi connectivity index (χ0) is 17.5. The van der Waals surface area contributed by atoms with Crippen molar-refractivity contribution in [2.45, 2.75) is 32.2 Å². The Morgan fingerprint density at radius 1 is 1.38 bits per heavy atom. The van der Waals surface area contributed by atoms with Crippen molar-refractivity contribution in [1.82, 2.24) is 15.5 Å².